The number of rotatable bonds is 33. The van der Waals surface area contributed by atoms with Gasteiger partial charge in [-0.2, -0.15) is 0 Å². The van der Waals surface area contributed by atoms with Gasteiger partial charge in [-0.25, -0.2) is 10.7 Å². The lowest BCUT2D eigenvalue weighted by Crippen LogP contribution is -2.56. The first kappa shape index (κ1) is 67.1. The zero-order chi connectivity index (χ0) is 58.9. The number of ether oxygens (including phenoxy) is 3. The molecule has 0 saturated carbocycles. The molecule has 8 amide bonds. The topological polar surface area (TPSA) is 290 Å². The minimum atomic E-state index is -1.01. The third-order valence-electron chi connectivity index (χ3n) is 14.8. The van der Waals surface area contributed by atoms with E-state index in [4.69, 9.17) is 20.1 Å². The first-order valence-electron chi connectivity index (χ1n) is 27.6. The number of unbranched alkanes of at least 4 members (excludes halogenated alkanes) is 2. The zero-order valence-corrected chi connectivity index (χ0v) is 48.6. The van der Waals surface area contributed by atoms with Gasteiger partial charge in [0.2, 0.25) is 41.4 Å². The number of nitrogens with one attached hydrogen (secondary N) is 5. The Balaban J connectivity index is 1.55. The fraction of sp³-hybridized carbons (Fsp3) is 0.649. The Morgan fingerprint density at radius 2 is 1.43 bits per heavy atom. The lowest BCUT2D eigenvalue weighted by molar-refractivity contribution is -0.146. The summed E-state index contributed by atoms with van der Waals surface area (Å²) in [5.74, 6) is 0.832. The number of hydrogen-bond acceptors (Lipinski definition) is 14. The Labute approximate surface area is 467 Å². The van der Waals surface area contributed by atoms with E-state index in [0.29, 0.717) is 55.6 Å². The molecule has 79 heavy (non-hydrogen) atoms. The molecular formula is C57H91N9O13. The van der Waals surface area contributed by atoms with E-state index in [1.165, 1.54) is 31.1 Å². The number of carbonyl (C=O) groups excluding carboxylic acids is 8. The molecule has 2 aromatic rings. The van der Waals surface area contributed by atoms with Crippen LogP contribution in [0.1, 0.15) is 124 Å². The average Bonchev–Trinajstić information content (AvgIpc) is 3.92. The molecule has 0 radical (unpaired) electrons. The number of benzene rings is 2. The van der Waals surface area contributed by atoms with Crippen molar-refractivity contribution in [3.63, 3.8) is 0 Å². The van der Waals surface area contributed by atoms with Crippen LogP contribution in [0.25, 0.3) is 0 Å². The summed E-state index contributed by atoms with van der Waals surface area (Å²) in [7, 11) is 6.06. The Bertz CT molecular complexity index is 2260. The number of nitrogens with zero attached hydrogens (tertiary/aromatic N) is 3. The molecule has 1 aliphatic heterocycles. The van der Waals surface area contributed by atoms with Gasteiger partial charge in [0.15, 0.2) is 0 Å². The molecule has 3 unspecified atom stereocenters. The van der Waals surface area contributed by atoms with Gasteiger partial charge in [-0.15, -0.1) is 0 Å². The number of aliphatic hydroxyl groups is 1. The third kappa shape index (κ3) is 20.8. The lowest BCUT2D eigenvalue weighted by atomic mass is 9.90. The quantitative estimate of drug-likeness (QED) is 0.0390. The van der Waals surface area contributed by atoms with Gasteiger partial charge in [0.1, 0.15) is 18.7 Å². The maximum Gasteiger partial charge on any atom is 0.410 e. The number of likely N-dealkylation sites (N-methyl/N-ethyl adjacent to an activating group) is 2. The van der Waals surface area contributed by atoms with Crippen molar-refractivity contribution >= 4 is 53.1 Å². The minimum Gasteiger partial charge on any atom is -0.445 e. The van der Waals surface area contributed by atoms with Crippen molar-refractivity contribution in [2.24, 2.45) is 29.6 Å². The van der Waals surface area contributed by atoms with Crippen molar-refractivity contribution in [1.29, 1.82) is 0 Å². The number of aliphatic hydroxyl groups excluding tert-OH is 1. The van der Waals surface area contributed by atoms with Crippen LogP contribution in [0.15, 0.2) is 54.6 Å². The summed E-state index contributed by atoms with van der Waals surface area (Å²) in [4.78, 5) is 116. The van der Waals surface area contributed by atoms with Crippen molar-refractivity contribution in [3.05, 3.63) is 65.7 Å². The fourth-order valence-electron chi connectivity index (χ4n) is 9.97. The van der Waals surface area contributed by atoms with Gasteiger partial charge in [-0.3, -0.25) is 38.5 Å². The molecule has 0 bridgehead atoms. The SMILES string of the molecule is CC[C@H](C)C([C@@H](CC(=O)N1CCC[C@H]1[C@H](OC)[C@@H](C)C(=O)N[C@H](C)[C@@H](O)c1ccccc1)OC)N(C)C(=O)CNC(=O)C(C(C)C)N(C)C(=O)OCc1ccc(NC(=O)CNC(=O)C(NC(=O)CCCCCON)C(C)C)cc1. The van der Waals surface area contributed by atoms with Crippen LogP contribution in [-0.4, -0.2) is 164 Å². The standard InChI is InChI=1S/C57H91N9O13/c1-13-37(6)51(44(76-11)31-47(69)66-29-20-23-43(66)53(77-12)38(7)54(72)61-39(8)52(71)41-21-16-14-17-22-41)64(9)48(70)33-60-56(74)50(36(4)5)65(10)57(75)78-34-40-25-27-42(28-26-40)62-46(68)32-59-55(73)49(35(2)3)63-45(67)24-18-15-19-30-79-58/h14,16-17,21-22,25-28,35-39,43-44,49-53,71H,13,15,18-20,23-24,29-34,58H2,1-12H3,(H,59,73)(H,60,74)(H,61,72)(H,62,68)(H,63,67)/t37-,38+,39+,43-,44+,49?,50?,51?,52+,53+/m0/s1. The Hall–Kier alpha value is -6.20. The molecule has 0 spiro atoms. The predicted molar refractivity (Wildman–Crippen MR) is 298 cm³/mol. The summed E-state index contributed by atoms with van der Waals surface area (Å²) in [6.07, 6.45) is 1.14. The molecule has 1 heterocycles. The predicted octanol–water partition coefficient (Wildman–Crippen LogP) is 4.20. The van der Waals surface area contributed by atoms with E-state index in [1.54, 1.807) is 89.9 Å². The number of nitrogens with two attached hydrogens (primary N) is 1. The number of methoxy groups -OCH3 is 2. The summed E-state index contributed by atoms with van der Waals surface area (Å²) in [6, 6.07) is 12.2. The van der Waals surface area contributed by atoms with Gasteiger partial charge in [0.25, 0.3) is 0 Å². The van der Waals surface area contributed by atoms with E-state index in [9.17, 15) is 43.5 Å². The van der Waals surface area contributed by atoms with Gasteiger partial charge < -0.3 is 60.5 Å². The number of amides is 8. The maximum absolute atomic E-state index is 14.3. The normalized spacial score (nSPS) is 16.8. The van der Waals surface area contributed by atoms with Crippen LogP contribution in [0.2, 0.25) is 0 Å². The van der Waals surface area contributed by atoms with Crippen molar-refractivity contribution < 1.29 is 62.5 Å². The van der Waals surface area contributed by atoms with Gasteiger partial charge in [0, 0.05) is 47.0 Å². The molecule has 1 saturated heterocycles. The highest BCUT2D eigenvalue weighted by Crippen LogP contribution is 2.30. The Kier molecular flexibility index (Phi) is 28.9. The summed E-state index contributed by atoms with van der Waals surface area (Å²) < 4.78 is 17.5. The molecular weight excluding hydrogens is 1020 g/mol. The average molecular weight is 1110 g/mol. The van der Waals surface area contributed by atoms with Crippen LogP contribution in [0.4, 0.5) is 10.5 Å². The number of hydrogen-bond donors (Lipinski definition) is 7. The number of likely N-dealkylation sites (tertiary alicyclic amines) is 1. The zero-order valence-electron chi connectivity index (χ0n) is 48.6. The second kappa shape index (κ2) is 34.1. The second-order valence-electron chi connectivity index (χ2n) is 21.3. The van der Waals surface area contributed by atoms with Gasteiger partial charge in [0.05, 0.1) is 68.5 Å². The van der Waals surface area contributed by atoms with Crippen LogP contribution in [0.5, 0.6) is 0 Å². The molecule has 8 N–H and O–H groups in total. The van der Waals surface area contributed by atoms with E-state index in [2.05, 4.69) is 31.4 Å². The molecule has 22 nitrogen and oxygen atoms in total. The first-order valence-corrected chi connectivity index (χ1v) is 27.6. The summed E-state index contributed by atoms with van der Waals surface area (Å²) in [5.41, 5.74) is 1.69. The van der Waals surface area contributed by atoms with Crippen LogP contribution < -0.4 is 32.5 Å². The van der Waals surface area contributed by atoms with Crippen molar-refractivity contribution in [1.82, 2.24) is 36.0 Å². The van der Waals surface area contributed by atoms with E-state index < -0.39 is 90.7 Å². The highest BCUT2D eigenvalue weighted by Gasteiger charge is 2.43. The molecule has 10 atom stereocenters. The second-order valence-corrected chi connectivity index (χ2v) is 21.3. The van der Waals surface area contributed by atoms with E-state index in [0.717, 1.165) is 12.8 Å². The van der Waals surface area contributed by atoms with Gasteiger partial charge in [-0.1, -0.05) is 104 Å². The molecule has 22 heteroatoms. The van der Waals surface area contributed by atoms with E-state index in [1.807, 2.05) is 32.0 Å². The summed E-state index contributed by atoms with van der Waals surface area (Å²) in [6.45, 7) is 14.5. The fourth-order valence-corrected chi connectivity index (χ4v) is 9.97. The first-order chi connectivity index (χ1) is 37.5. The van der Waals surface area contributed by atoms with Crippen molar-refractivity contribution in [2.45, 2.75) is 162 Å². The third-order valence-corrected chi connectivity index (χ3v) is 14.8. The maximum atomic E-state index is 14.3. The molecule has 1 fully saturated rings. The highest BCUT2D eigenvalue weighted by atomic mass is 16.6. The number of anilines is 1. The van der Waals surface area contributed by atoms with Crippen LogP contribution in [-0.2, 0) is 59.2 Å². The van der Waals surface area contributed by atoms with Crippen molar-refractivity contribution in [3.8, 4) is 0 Å². The largest absolute Gasteiger partial charge is 0.445 e. The summed E-state index contributed by atoms with van der Waals surface area (Å²) in [5, 5.41) is 24.6. The minimum absolute atomic E-state index is 0.0640. The monoisotopic (exact) mass is 1110 g/mol. The van der Waals surface area contributed by atoms with Gasteiger partial charge in [-0.05, 0) is 73.6 Å². The van der Waals surface area contributed by atoms with Crippen LogP contribution >= 0.6 is 0 Å². The van der Waals surface area contributed by atoms with Crippen molar-refractivity contribution in [2.75, 3.05) is 59.9 Å². The molecule has 0 aromatic heterocycles. The van der Waals surface area contributed by atoms with Gasteiger partial charge >= 0.3 is 6.09 Å². The summed E-state index contributed by atoms with van der Waals surface area (Å²) >= 11 is 0. The molecule has 2 aromatic carbocycles. The Morgan fingerprint density at radius 3 is 2.03 bits per heavy atom. The smallest absolute Gasteiger partial charge is 0.410 e. The lowest BCUT2D eigenvalue weighted by Gasteiger charge is -2.39. The van der Waals surface area contributed by atoms with E-state index >= 15 is 0 Å². The highest BCUT2D eigenvalue weighted by molar-refractivity contribution is 5.96. The van der Waals surface area contributed by atoms with Crippen LogP contribution in [0, 0.1) is 23.7 Å². The molecule has 442 valence electrons. The van der Waals surface area contributed by atoms with E-state index in [-0.39, 0.29) is 61.5 Å². The van der Waals surface area contributed by atoms with Crippen LogP contribution in [0.3, 0.4) is 0 Å². The molecule has 0 aliphatic carbocycles. The molecule has 3 rings (SSSR count). The number of carbonyl (C=O) groups is 8. The Morgan fingerprint density at radius 1 is 0.772 bits per heavy atom. The molecule has 1 aliphatic rings.